The summed E-state index contributed by atoms with van der Waals surface area (Å²) in [6.45, 7) is 10.1. The van der Waals surface area contributed by atoms with Gasteiger partial charge in [-0.15, -0.1) is 0 Å². The molecular weight excluding hydrogens is 1120 g/mol. The molecule has 0 aliphatic carbocycles. The molecule has 0 aromatic carbocycles. The van der Waals surface area contributed by atoms with Gasteiger partial charge in [0.05, 0.1) is 11.5 Å². The summed E-state index contributed by atoms with van der Waals surface area (Å²) in [5.41, 5.74) is 11.0. The number of aromatic nitrogens is 2. The van der Waals surface area contributed by atoms with Gasteiger partial charge in [-0.1, -0.05) is 6.08 Å². The van der Waals surface area contributed by atoms with Gasteiger partial charge in [0.1, 0.15) is 43.7 Å². The molecule has 0 radical (unpaired) electrons. The van der Waals surface area contributed by atoms with Gasteiger partial charge in [0.15, 0.2) is 55.4 Å². The zero-order valence-corrected chi connectivity index (χ0v) is 46.4. The molecule has 3 saturated heterocycles. The van der Waals surface area contributed by atoms with Crippen LogP contribution in [-0.2, 0) is 105 Å². The molecular formula is C51H62ClN5O25. The van der Waals surface area contributed by atoms with Crippen LogP contribution in [0.2, 0.25) is 0 Å². The number of primary amides is 2. The molecule has 6 rings (SSSR count). The van der Waals surface area contributed by atoms with Gasteiger partial charge in [-0.3, -0.25) is 52.7 Å². The number of pyridine rings is 2. The van der Waals surface area contributed by atoms with E-state index in [9.17, 15) is 62.6 Å². The maximum absolute atomic E-state index is 11.6. The lowest BCUT2D eigenvalue weighted by Gasteiger charge is -2.30. The van der Waals surface area contributed by atoms with E-state index in [4.69, 9.17) is 68.3 Å². The van der Waals surface area contributed by atoms with Crippen LogP contribution in [0.5, 0.6) is 0 Å². The van der Waals surface area contributed by atoms with Crippen LogP contribution in [0.3, 0.4) is 0 Å². The van der Waals surface area contributed by atoms with Crippen molar-refractivity contribution in [3.8, 4) is 0 Å². The standard InChI is InChI=1S/C17H22N2O8.C17H20N2O8.C17H19NO9.ClH/c2*1-9(20)24-8-13-14(25-10(2)21)15(26-11(3)22)17(27-13)19-6-4-5-12(7-19)16(18)23;1-9(19)24-8-13-14(25-10(2)20)15(26-11(3)21)16(27-13)18-6-4-5-12(7-18)17(22)23;/h4,6-7,13-15,17H,5,8H2,1-3H3,(H2,18,23);4-7,13-15,17H,8H2,1-3H3,(H-,18,23);4-7,13-16H,8H2,1-3H3;1H/t2*13-,14-,15-,17-;13-,14-,15-,16-;/m111./s1. The number of esters is 9. The monoisotopic (exact) mass is 1180 g/mol. The first-order valence-electron chi connectivity index (χ1n) is 24.4. The molecule has 4 N–H and O–H groups in total. The predicted molar refractivity (Wildman–Crippen MR) is 259 cm³/mol. The van der Waals surface area contributed by atoms with Crippen molar-refractivity contribution in [1.29, 1.82) is 0 Å². The first-order valence-corrected chi connectivity index (χ1v) is 24.4. The normalized spacial score (nSPS) is 24.7. The van der Waals surface area contributed by atoms with Crippen LogP contribution in [0.1, 0.15) is 102 Å². The quantitative estimate of drug-likeness (QED) is 0.0800. The molecule has 0 spiro atoms. The van der Waals surface area contributed by atoms with E-state index in [0.29, 0.717) is 12.0 Å². The van der Waals surface area contributed by atoms with E-state index in [1.165, 1.54) is 119 Å². The minimum absolute atomic E-state index is 0. The van der Waals surface area contributed by atoms with Gasteiger partial charge in [0, 0.05) is 92.4 Å². The lowest BCUT2D eigenvalue weighted by Crippen LogP contribution is -3.00. The Morgan fingerprint density at radius 1 is 0.512 bits per heavy atom. The first-order chi connectivity index (χ1) is 38.1. The third kappa shape index (κ3) is 20.2. The molecule has 2 amide bonds. The number of ether oxygens (including phenoxy) is 12. The summed E-state index contributed by atoms with van der Waals surface area (Å²) in [5, 5.41) is 11.1. The molecule has 31 heteroatoms. The van der Waals surface area contributed by atoms with Crippen LogP contribution >= 0.6 is 0 Å². The fourth-order valence-corrected chi connectivity index (χ4v) is 8.27. The van der Waals surface area contributed by atoms with E-state index in [2.05, 4.69) is 0 Å². The highest BCUT2D eigenvalue weighted by Gasteiger charge is 2.56. The van der Waals surface area contributed by atoms with Gasteiger partial charge < -0.3 is 95.5 Å². The van der Waals surface area contributed by atoms with Crippen molar-refractivity contribution in [2.75, 3.05) is 19.8 Å². The number of hydrogen-bond donors (Lipinski definition) is 2. The van der Waals surface area contributed by atoms with Gasteiger partial charge in [-0.25, -0.2) is 0 Å². The summed E-state index contributed by atoms with van der Waals surface area (Å²) in [6, 6.07) is 5.84. The van der Waals surface area contributed by atoms with E-state index in [1.807, 2.05) is 0 Å². The summed E-state index contributed by atoms with van der Waals surface area (Å²) in [6.07, 6.45) is -0.875. The van der Waals surface area contributed by atoms with Crippen molar-refractivity contribution in [3.63, 3.8) is 0 Å². The molecule has 82 heavy (non-hydrogen) atoms. The van der Waals surface area contributed by atoms with Gasteiger partial charge in [0.25, 0.3) is 5.91 Å². The number of halogens is 1. The van der Waals surface area contributed by atoms with Crippen molar-refractivity contribution in [2.24, 2.45) is 11.5 Å². The molecule has 0 unspecified atom stereocenters. The first kappa shape index (κ1) is 67.7. The molecule has 2 aromatic rings. The number of nitrogens with zero attached hydrogens (tertiary/aromatic N) is 3. The van der Waals surface area contributed by atoms with Gasteiger partial charge >= 0.3 is 66.2 Å². The van der Waals surface area contributed by atoms with E-state index >= 15 is 0 Å². The van der Waals surface area contributed by atoms with Gasteiger partial charge in [-0.2, -0.15) is 9.13 Å². The lowest BCUT2D eigenvalue weighted by atomic mass is 10.1. The Kier molecular flexibility index (Phi) is 25.9. The molecule has 0 saturated carbocycles. The molecule has 2 aromatic heterocycles. The van der Waals surface area contributed by atoms with Gasteiger partial charge in [-0.05, 0) is 18.6 Å². The molecule has 12 atom stereocenters. The Labute approximate surface area is 474 Å². The summed E-state index contributed by atoms with van der Waals surface area (Å²) in [5.74, 6) is -8.08. The average Bonchev–Trinajstić information content (AvgIpc) is 4.24. The smallest absolute Gasteiger partial charge is 0.304 e. The SMILES string of the molecule is CC(=O)OC[C@H]1O[C@@H](N2C=CCC(C(N)=O)=C2)[C@H](OC(C)=O)[C@@H]1OC(C)=O.CC(=O)OC[C@H]1O[C@@H]([n+]2cccc(C(=O)[O-])c2)[C@H](OC(C)=O)[C@@H]1OC(C)=O.CC(=O)OC[C@H]1O[C@@H]([n+]2cccc(C(N)=O)c2)[C@H](OC(C)=O)[C@@H]1OC(C)=O.[Cl-]. The van der Waals surface area contributed by atoms with Crippen molar-refractivity contribution in [2.45, 2.75) is 142 Å². The number of nitrogens with two attached hydrogens (primary N) is 2. The zero-order chi connectivity index (χ0) is 60.4. The van der Waals surface area contributed by atoms with E-state index in [-0.39, 0.29) is 43.4 Å². The van der Waals surface area contributed by atoms with Crippen LogP contribution in [0.4, 0.5) is 0 Å². The molecule has 4 aliphatic heterocycles. The van der Waals surface area contributed by atoms with E-state index in [1.54, 1.807) is 24.5 Å². The van der Waals surface area contributed by atoms with Crippen molar-refractivity contribution in [1.82, 2.24) is 4.90 Å². The van der Waals surface area contributed by atoms with Gasteiger partial charge in [0.2, 0.25) is 18.1 Å². The summed E-state index contributed by atoms with van der Waals surface area (Å²) in [4.78, 5) is 138. The number of rotatable bonds is 18. The second-order valence-electron chi connectivity index (χ2n) is 17.8. The number of amides is 2. The zero-order valence-electron chi connectivity index (χ0n) is 45.7. The molecule has 6 heterocycles. The molecule has 0 bridgehead atoms. The van der Waals surface area contributed by atoms with Crippen molar-refractivity contribution in [3.05, 3.63) is 84.2 Å². The lowest BCUT2D eigenvalue weighted by molar-refractivity contribution is -0.765. The van der Waals surface area contributed by atoms with Crippen LogP contribution in [0.25, 0.3) is 0 Å². The highest BCUT2D eigenvalue weighted by Crippen LogP contribution is 2.34. The molecule has 4 aliphatic rings. The molecule has 30 nitrogen and oxygen atoms in total. The predicted octanol–water partition coefficient (Wildman–Crippen LogP) is -5.21. The van der Waals surface area contributed by atoms with E-state index < -0.39 is 145 Å². The fraction of sp³-hybridized carbons (Fsp3) is 0.490. The Balaban J connectivity index is 0.000000321. The molecule has 448 valence electrons. The van der Waals surface area contributed by atoms with E-state index in [0.717, 1.165) is 0 Å². The maximum Gasteiger partial charge on any atom is 0.304 e. The Morgan fingerprint density at radius 2 is 0.866 bits per heavy atom. The molecule has 3 fully saturated rings. The largest absolute Gasteiger partial charge is 1.00 e. The topological polar surface area (TPSA) is 402 Å². The minimum atomic E-state index is -1.40. The number of allylic oxidation sites excluding steroid dienone is 1. The third-order valence-electron chi connectivity index (χ3n) is 11.3. The van der Waals surface area contributed by atoms with Crippen molar-refractivity contribution < 1.29 is 141 Å². The number of aromatic carboxylic acids is 1. The van der Waals surface area contributed by atoms with Crippen molar-refractivity contribution >= 4 is 71.5 Å². The Hall–Kier alpha value is -8.61. The van der Waals surface area contributed by atoms with Crippen LogP contribution in [-0.4, -0.2) is 157 Å². The summed E-state index contributed by atoms with van der Waals surface area (Å²) >= 11 is 0. The number of carboxylic acid groups (broad SMARTS) is 1. The number of hydrogen-bond acceptors (Lipinski definition) is 26. The third-order valence-corrected chi connectivity index (χ3v) is 11.3. The van der Waals surface area contributed by atoms with Crippen LogP contribution < -0.4 is 38.1 Å². The maximum atomic E-state index is 11.6. The highest BCUT2D eigenvalue weighted by molar-refractivity contribution is 5.92. The summed E-state index contributed by atoms with van der Waals surface area (Å²) in [7, 11) is 0. The van der Waals surface area contributed by atoms with Crippen LogP contribution in [0.15, 0.2) is 73.1 Å². The highest BCUT2D eigenvalue weighted by atomic mass is 35.5. The average molecular weight is 1180 g/mol. The fourth-order valence-electron chi connectivity index (χ4n) is 8.27. The Bertz CT molecular complexity index is 2650. The van der Waals surface area contributed by atoms with Crippen LogP contribution in [0, 0.1) is 0 Å². The number of carboxylic acids is 1. The number of carbonyl (C=O) groups excluding carboxylic acids is 12. The number of carbonyl (C=O) groups is 12. The second-order valence-corrected chi connectivity index (χ2v) is 17.8. The minimum Gasteiger partial charge on any atom is -1.00 e. The Morgan fingerprint density at radius 3 is 1.23 bits per heavy atom. The second kappa shape index (κ2) is 31.4. The summed E-state index contributed by atoms with van der Waals surface area (Å²) < 4.78 is 66.8.